The molecule has 6 heteroatoms. The third-order valence-corrected chi connectivity index (χ3v) is 5.50. The van der Waals surface area contributed by atoms with Gasteiger partial charge >= 0.3 is 0 Å². The van der Waals surface area contributed by atoms with Crippen LogP contribution in [0, 0.1) is 6.92 Å². The van der Waals surface area contributed by atoms with Gasteiger partial charge < -0.3 is 14.7 Å². The lowest BCUT2D eigenvalue weighted by Crippen LogP contribution is -2.51. The van der Waals surface area contributed by atoms with Crippen molar-refractivity contribution in [1.82, 2.24) is 4.90 Å². The van der Waals surface area contributed by atoms with Gasteiger partial charge in [-0.05, 0) is 48.4 Å². The fourth-order valence-corrected chi connectivity index (χ4v) is 3.99. The molecule has 2 aliphatic heterocycles. The molecule has 2 heterocycles. The molecule has 0 bridgehead atoms. The molecule has 0 aromatic heterocycles. The van der Waals surface area contributed by atoms with E-state index in [4.69, 9.17) is 11.6 Å². The SMILES string of the molecule is Cc1cccc(N2CCN(C(=O)CN3C(=O)Cc4cc(Cl)ccc43)CC2)c1. The van der Waals surface area contributed by atoms with Crippen molar-refractivity contribution in [1.29, 1.82) is 0 Å². The van der Waals surface area contributed by atoms with Gasteiger partial charge in [-0.15, -0.1) is 0 Å². The Hall–Kier alpha value is -2.53. The number of amides is 2. The molecule has 0 radical (unpaired) electrons. The molecule has 27 heavy (non-hydrogen) atoms. The van der Waals surface area contributed by atoms with E-state index in [0.717, 1.165) is 24.3 Å². The van der Waals surface area contributed by atoms with Gasteiger partial charge in [-0.3, -0.25) is 9.59 Å². The number of hydrogen-bond donors (Lipinski definition) is 0. The molecule has 0 N–H and O–H groups in total. The molecule has 4 rings (SSSR count). The summed E-state index contributed by atoms with van der Waals surface area (Å²) in [4.78, 5) is 30.8. The highest BCUT2D eigenvalue weighted by Crippen LogP contribution is 2.31. The van der Waals surface area contributed by atoms with Gasteiger partial charge in [0.1, 0.15) is 6.54 Å². The van der Waals surface area contributed by atoms with Crippen LogP contribution in [0.1, 0.15) is 11.1 Å². The Morgan fingerprint density at radius 2 is 1.85 bits per heavy atom. The minimum atomic E-state index is -0.0426. The highest BCUT2D eigenvalue weighted by atomic mass is 35.5. The maximum Gasteiger partial charge on any atom is 0.242 e. The molecule has 1 fully saturated rings. The first-order valence-corrected chi connectivity index (χ1v) is 9.57. The zero-order valence-corrected chi connectivity index (χ0v) is 16.1. The first-order valence-electron chi connectivity index (χ1n) is 9.19. The Morgan fingerprint density at radius 3 is 2.59 bits per heavy atom. The largest absolute Gasteiger partial charge is 0.368 e. The molecule has 0 unspecified atom stereocenters. The molecule has 0 aliphatic carbocycles. The molecule has 0 saturated carbocycles. The second-order valence-electron chi connectivity index (χ2n) is 7.14. The highest BCUT2D eigenvalue weighted by molar-refractivity contribution is 6.31. The van der Waals surface area contributed by atoms with Crippen LogP contribution in [0.3, 0.4) is 0 Å². The smallest absolute Gasteiger partial charge is 0.242 e. The number of nitrogens with zero attached hydrogens (tertiary/aromatic N) is 3. The summed E-state index contributed by atoms with van der Waals surface area (Å²) in [6.07, 6.45) is 0.310. The van der Waals surface area contributed by atoms with Crippen molar-refractivity contribution in [3.8, 4) is 0 Å². The maximum absolute atomic E-state index is 12.8. The van der Waals surface area contributed by atoms with E-state index in [0.29, 0.717) is 24.5 Å². The monoisotopic (exact) mass is 383 g/mol. The Labute approximate surface area is 164 Å². The van der Waals surface area contributed by atoms with Gasteiger partial charge in [0.15, 0.2) is 0 Å². The molecular formula is C21H22ClN3O2. The average Bonchev–Trinajstić information content (AvgIpc) is 2.96. The number of aryl methyl sites for hydroxylation is 1. The summed E-state index contributed by atoms with van der Waals surface area (Å²) in [5.74, 6) is -0.0472. The van der Waals surface area contributed by atoms with E-state index in [1.54, 1.807) is 17.0 Å². The number of carbonyl (C=O) groups excluding carboxylic acids is 2. The predicted octanol–water partition coefficient (Wildman–Crippen LogP) is 2.89. The van der Waals surface area contributed by atoms with Gasteiger partial charge in [-0.2, -0.15) is 0 Å². The van der Waals surface area contributed by atoms with Crippen molar-refractivity contribution in [2.45, 2.75) is 13.3 Å². The number of hydrogen-bond acceptors (Lipinski definition) is 3. The number of rotatable bonds is 3. The van der Waals surface area contributed by atoms with Crippen LogP contribution >= 0.6 is 11.6 Å². The van der Waals surface area contributed by atoms with E-state index in [-0.39, 0.29) is 18.4 Å². The van der Waals surface area contributed by atoms with Crippen LogP contribution in [0.4, 0.5) is 11.4 Å². The molecule has 1 saturated heterocycles. The molecule has 0 spiro atoms. The third-order valence-electron chi connectivity index (χ3n) is 5.27. The van der Waals surface area contributed by atoms with Gasteiger partial charge in [0, 0.05) is 42.6 Å². The third kappa shape index (κ3) is 3.65. The molecule has 2 aromatic carbocycles. The summed E-state index contributed by atoms with van der Waals surface area (Å²) in [6.45, 7) is 5.12. The van der Waals surface area contributed by atoms with Crippen molar-refractivity contribution in [2.75, 3.05) is 42.5 Å². The van der Waals surface area contributed by atoms with Crippen LogP contribution < -0.4 is 9.80 Å². The second kappa shape index (κ2) is 7.24. The van der Waals surface area contributed by atoms with E-state index < -0.39 is 0 Å². The van der Waals surface area contributed by atoms with E-state index in [9.17, 15) is 9.59 Å². The minimum absolute atomic E-state index is 0.00459. The lowest BCUT2D eigenvalue weighted by Gasteiger charge is -2.37. The number of carbonyl (C=O) groups is 2. The topological polar surface area (TPSA) is 43.9 Å². The van der Waals surface area contributed by atoms with Crippen LogP contribution in [-0.2, 0) is 16.0 Å². The average molecular weight is 384 g/mol. The lowest BCUT2D eigenvalue weighted by atomic mass is 10.2. The van der Waals surface area contributed by atoms with Crippen molar-refractivity contribution >= 4 is 34.8 Å². The molecule has 2 aromatic rings. The van der Waals surface area contributed by atoms with Crippen LogP contribution in [0.5, 0.6) is 0 Å². The minimum Gasteiger partial charge on any atom is -0.368 e. The number of halogens is 1. The Bertz CT molecular complexity index is 891. The number of anilines is 2. The highest BCUT2D eigenvalue weighted by Gasteiger charge is 2.31. The lowest BCUT2D eigenvalue weighted by molar-refractivity contribution is -0.131. The van der Waals surface area contributed by atoms with E-state index >= 15 is 0 Å². The maximum atomic E-state index is 12.8. The first-order chi connectivity index (χ1) is 13.0. The summed E-state index contributed by atoms with van der Waals surface area (Å²) >= 11 is 6.01. The van der Waals surface area contributed by atoms with Gasteiger partial charge in [-0.25, -0.2) is 0 Å². The van der Waals surface area contributed by atoms with Gasteiger partial charge in [0.25, 0.3) is 0 Å². The summed E-state index contributed by atoms with van der Waals surface area (Å²) in [7, 11) is 0. The Kier molecular flexibility index (Phi) is 4.79. The quantitative estimate of drug-likeness (QED) is 0.818. The van der Waals surface area contributed by atoms with Crippen LogP contribution in [0.25, 0.3) is 0 Å². The Balaban J connectivity index is 1.38. The zero-order valence-electron chi connectivity index (χ0n) is 15.3. The van der Waals surface area contributed by atoms with Crippen molar-refractivity contribution in [2.24, 2.45) is 0 Å². The number of piperazine rings is 1. The standard InChI is InChI=1S/C21H22ClN3O2/c1-15-3-2-4-18(11-15)23-7-9-24(10-8-23)21(27)14-25-19-6-5-17(22)12-16(19)13-20(25)26/h2-6,11-12H,7-10,13-14H2,1H3. The molecule has 5 nitrogen and oxygen atoms in total. The summed E-state index contributed by atoms with van der Waals surface area (Å²) < 4.78 is 0. The molecule has 0 atom stereocenters. The normalized spacial score (nSPS) is 16.7. The number of benzene rings is 2. The first kappa shape index (κ1) is 17.9. The molecule has 140 valence electrons. The summed E-state index contributed by atoms with van der Waals surface area (Å²) in [6, 6.07) is 13.8. The van der Waals surface area contributed by atoms with Gasteiger partial charge in [0.2, 0.25) is 11.8 Å². The van der Waals surface area contributed by atoms with Crippen molar-refractivity contribution in [3.05, 3.63) is 58.6 Å². The fourth-order valence-electron chi connectivity index (χ4n) is 3.80. The van der Waals surface area contributed by atoms with E-state index in [1.807, 2.05) is 11.0 Å². The van der Waals surface area contributed by atoms with Crippen LogP contribution in [0.15, 0.2) is 42.5 Å². The Morgan fingerprint density at radius 1 is 1.07 bits per heavy atom. The number of fused-ring (bicyclic) bond motifs is 1. The second-order valence-corrected chi connectivity index (χ2v) is 7.57. The molecular weight excluding hydrogens is 362 g/mol. The van der Waals surface area contributed by atoms with E-state index in [2.05, 4.69) is 36.1 Å². The predicted molar refractivity (Wildman–Crippen MR) is 107 cm³/mol. The molecule has 2 aliphatic rings. The summed E-state index contributed by atoms with van der Waals surface area (Å²) in [5, 5.41) is 0.613. The summed E-state index contributed by atoms with van der Waals surface area (Å²) in [5.41, 5.74) is 4.13. The van der Waals surface area contributed by atoms with Crippen LogP contribution in [0.2, 0.25) is 5.02 Å². The van der Waals surface area contributed by atoms with Crippen molar-refractivity contribution < 1.29 is 9.59 Å². The van der Waals surface area contributed by atoms with Gasteiger partial charge in [-0.1, -0.05) is 23.7 Å². The zero-order chi connectivity index (χ0) is 19.0. The van der Waals surface area contributed by atoms with Crippen molar-refractivity contribution in [3.63, 3.8) is 0 Å². The molecule has 2 amide bonds. The van der Waals surface area contributed by atoms with Gasteiger partial charge in [0.05, 0.1) is 6.42 Å². The fraction of sp³-hybridized carbons (Fsp3) is 0.333. The van der Waals surface area contributed by atoms with Crippen LogP contribution in [-0.4, -0.2) is 49.4 Å². The van der Waals surface area contributed by atoms with E-state index in [1.165, 1.54) is 11.3 Å².